The fourth-order valence-electron chi connectivity index (χ4n) is 3.91. The average Bonchev–Trinajstić information content (AvgIpc) is 3.43. The van der Waals surface area contributed by atoms with Crippen molar-refractivity contribution in [1.82, 2.24) is 29.6 Å². The molecule has 0 fully saturated rings. The van der Waals surface area contributed by atoms with E-state index >= 15 is 0 Å². The number of benzene rings is 2. The minimum atomic E-state index is -0.435. The first kappa shape index (κ1) is 22.8. The fraction of sp³-hybridized carbons (Fsp3) is 0.208. The molecule has 0 saturated carbocycles. The molecule has 0 radical (unpaired) electrons. The van der Waals surface area contributed by atoms with Crippen molar-refractivity contribution in [2.75, 3.05) is 21.3 Å². The van der Waals surface area contributed by atoms with Gasteiger partial charge in [0.1, 0.15) is 11.4 Å². The van der Waals surface area contributed by atoms with Crippen molar-refractivity contribution >= 4 is 34.4 Å². The number of rotatable bonds is 7. The zero-order valence-electron chi connectivity index (χ0n) is 19.2. The van der Waals surface area contributed by atoms with Gasteiger partial charge in [0, 0.05) is 12.1 Å². The van der Waals surface area contributed by atoms with E-state index in [1.807, 2.05) is 36.4 Å². The molecule has 5 aromatic rings. The molecule has 5 rings (SSSR count). The molecule has 0 atom stereocenters. The lowest BCUT2D eigenvalue weighted by molar-refractivity contribution is -0.139. The Hall–Kier alpha value is -4.02. The summed E-state index contributed by atoms with van der Waals surface area (Å²) >= 11 is 6.10. The first-order valence-corrected chi connectivity index (χ1v) is 11.0. The van der Waals surface area contributed by atoms with Crippen LogP contribution in [0.3, 0.4) is 0 Å². The molecule has 0 bridgehead atoms. The topological polar surface area (TPSA) is 106 Å². The van der Waals surface area contributed by atoms with E-state index in [9.17, 15) is 4.79 Å². The first-order valence-electron chi connectivity index (χ1n) is 10.7. The Morgan fingerprint density at radius 3 is 2.34 bits per heavy atom. The van der Waals surface area contributed by atoms with Gasteiger partial charge < -0.3 is 14.2 Å². The minimum absolute atomic E-state index is 0.0629. The quantitative estimate of drug-likeness (QED) is 0.317. The number of fused-ring (bicyclic) bond motifs is 3. The third-order valence-electron chi connectivity index (χ3n) is 5.56. The molecule has 178 valence electrons. The van der Waals surface area contributed by atoms with Crippen molar-refractivity contribution in [2.45, 2.75) is 13.0 Å². The molecule has 0 spiro atoms. The van der Waals surface area contributed by atoms with E-state index < -0.39 is 5.97 Å². The highest BCUT2D eigenvalue weighted by atomic mass is 35.5. The number of aromatic nitrogens is 6. The monoisotopic (exact) mass is 492 g/mol. The van der Waals surface area contributed by atoms with E-state index in [2.05, 4.69) is 15.3 Å². The number of ether oxygens (including phenoxy) is 3. The highest BCUT2D eigenvalue weighted by molar-refractivity contribution is 6.30. The SMILES string of the molecule is COCc1nn2c(nnc3c(CC(=O)OC)nn(-c4ccc(OC)cc4)c32)c1-c1ccc(Cl)cc1. The standard InChI is InChI=1S/C24H21ClN6O4/c1-33-13-19-21(14-4-6-15(25)7-5-14)23-27-26-22-18(12-20(32)35-3)28-30(24(22)31(23)29-19)16-8-10-17(34-2)11-9-16/h4-11H,12-13H2,1-3H3. The largest absolute Gasteiger partial charge is 0.497 e. The molecule has 0 aliphatic heterocycles. The Balaban J connectivity index is 1.82. The molecular formula is C24H21ClN6O4. The van der Waals surface area contributed by atoms with Crippen molar-refractivity contribution in [3.05, 3.63) is 64.9 Å². The lowest BCUT2D eigenvalue weighted by Crippen LogP contribution is -2.06. The van der Waals surface area contributed by atoms with Gasteiger partial charge in [0.2, 0.25) is 0 Å². The molecule has 10 nitrogen and oxygen atoms in total. The minimum Gasteiger partial charge on any atom is -0.497 e. The van der Waals surface area contributed by atoms with Crippen LogP contribution in [-0.4, -0.2) is 56.9 Å². The van der Waals surface area contributed by atoms with Crippen molar-refractivity contribution in [3.63, 3.8) is 0 Å². The van der Waals surface area contributed by atoms with E-state index in [0.717, 1.165) is 16.8 Å². The van der Waals surface area contributed by atoms with Crippen LogP contribution in [0, 0.1) is 0 Å². The Labute approximate surface area is 205 Å². The summed E-state index contributed by atoms with van der Waals surface area (Å²) in [4.78, 5) is 12.1. The summed E-state index contributed by atoms with van der Waals surface area (Å²) < 4.78 is 18.9. The molecule has 35 heavy (non-hydrogen) atoms. The fourth-order valence-corrected chi connectivity index (χ4v) is 4.04. The van der Waals surface area contributed by atoms with Crippen LogP contribution >= 0.6 is 11.6 Å². The first-order chi connectivity index (χ1) is 17.0. The smallest absolute Gasteiger partial charge is 0.311 e. The van der Waals surface area contributed by atoms with E-state index in [4.69, 9.17) is 30.9 Å². The molecule has 2 aromatic carbocycles. The summed E-state index contributed by atoms with van der Waals surface area (Å²) in [5.41, 5.74) is 4.99. The molecule has 0 aliphatic carbocycles. The Morgan fingerprint density at radius 2 is 1.69 bits per heavy atom. The van der Waals surface area contributed by atoms with Crippen LogP contribution in [0.25, 0.3) is 33.6 Å². The molecule has 0 saturated heterocycles. The summed E-state index contributed by atoms with van der Waals surface area (Å²) in [6.45, 7) is 0.258. The molecule has 11 heteroatoms. The van der Waals surface area contributed by atoms with Gasteiger partial charge in [-0.1, -0.05) is 23.7 Å². The summed E-state index contributed by atoms with van der Waals surface area (Å²) in [5.74, 6) is 0.270. The maximum Gasteiger partial charge on any atom is 0.311 e. The third-order valence-corrected chi connectivity index (χ3v) is 5.81. The number of carbonyl (C=O) groups is 1. The molecule has 3 aromatic heterocycles. The van der Waals surface area contributed by atoms with Gasteiger partial charge in [0.15, 0.2) is 16.8 Å². The normalized spacial score (nSPS) is 11.3. The van der Waals surface area contributed by atoms with E-state index in [1.165, 1.54) is 7.11 Å². The van der Waals surface area contributed by atoms with Gasteiger partial charge in [-0.15, -0.1) is 10.2 Å². The van der Waals surface area contributed by atoms with Gasteiger partial charge in [0.05, 0.1) is 44.2 Å². The van der Waals surface area contributed by atoms with Gasteiger partial charge in [-0.05, 0) is 42.0 Å². The molecule has 3 heterocycles. The highest BCUT2D eigenvalue weighted by Gasteiger charge is 2.24. The van der Waals surface area contributed by atoms with Crippen LogP contribution in [0.5, 0.6) is 5.75 Å². The van der Waals surface area contributed by atoms with Crippen LogP contribution < -0.4 is 4.74 Å². The van der Waals surface area contributed by atoms with Crippen LogP contribution in [0.15, 0.2) is 48.5 Å². The molecule has 0 amide bonds. The second-order valence-corrected chi connectivity index (χ2v) is 8.12. The molecule has 0 unspecified atom stereocenters. The Kier molecular flexibility index (Phi) is 6.06. The summed E-state index contributed by atoms with van der Waals surface area (Å²) in [5, 5.41) is 19.1. The number of hydrogen-bond acceptors (Lipinski definition) is 8. The number of methoxy groups -OCH3 is 3. The lowest BCUT2D eigenvalue weighted by atomic mass is 10.1. The molecule has 0 aliphatic rings. The van der Waals surface area contributed by atoms with E-state index in [0.29, 0.717) is 39.0 Å². The highest BCUT2D eigenvalue weighted by Crippen LogP contribution is 2.32. The maximum atomic E-state index is 12.1. The van der Waals surface area contributed by atoms with Crippen molar-refractivity contribution in [1.29, 1.82) is 0 Å². The van der Waals surface area contributed by atoms with Crippen molar-refractivity contribution in [3.8, 4) is 22.6 Å². The number of esters is 1. The summed E-state index contributed by atoms with van der Waals surface area (Å²) in [7, 11) is 4.54. The second-order valence-electron chi connectivity index (χ2n) is 7.68. The van der Waals surface area contributed by atoms with Crippen molar-refractivity contribution < 1.29 is 19.0 Å². The van der Waals surface area contributed by atoms with Crippen LogP contribution in [0.1, 0.15) is 11.4 Å². The van der Waals surface area contributed by atoms with Gasteiger partial charge in [0.25, 0.3) is 0 Å². The van der Waals surface area contributed by atoms with Crippen LogP contribution in [-0.2, 0) is 27.3 Å². The van der Waals surface area contributed by atoms with Crippen LogP contribution in [0.2, 0.25) is 5.02 Å². The van der Waals surface area contributed by atoms with Gasteiger partial charge in [-0.25, -0.2) is 4.68 Å². The number of halogens is 1. The van der Waals surface area contributed by atoms with Crippen molar-refractivity contribution in [2.24, 2.45) is 0 Å². The second kappa shape index (κ2) is 9.32. The van der Waals surface area contributed by atoms with Gasteiger partial charge in [-0.3, -0.25) is 4.79 Å². The number of carbonyl (C=O) groups excluding carboxylic acids is 1. The van der Waals surface area contributed by atoms with Gasteiger partial charge in [-0.2, -0.15) is 14.7 Å². The predicted molar refractivity (Wildman–Crippen MR) is 129 cm³/mol. The number of nitrogens with zero attached hydrogens (tertiary/aromatic N) is 6. The molecular weight excluding hydrogens is 472 g/mol. The average molecular weight is 493 g/mol. The van der Waals surface area contributed by atoms with E-state index in [-0.39, 0.29) is 13.0 Å². The zero-order chi connectivity index (χ0) is 24.5. The third kappa shape index (κ3) is 4.07. The molecule has 0 N–H and O–H groups in total. The predicted octanol–water partition coefficient (Wildman–Crippen LogP) is 3.65. The van der Waals surface area contributed by atoms with Crippen LogP contribution in [0.4, 0.5) is 0 Å². The summed E-state index contributed by atoms with van der Waals surface area (Å²) in [6, 6.07) is 14.8. The summed E-state index contributed by atoms with van der Waals surface area (Å²) in [6.07, 6.45) is -0.0629. The van der Waals surface area contributed by atoms with E-state index in [1.54, 1.807) is 35.5 Å². The van der Waals surface area contributed by atoms with Gasteiger partial charge >= 0.3 is 5.97 Å². The maximum absolute atomic E-state index is 12.1. The Morgan fingerprint density at radius 1 is 0.943 bits per heavy atom. The lowest BCUT2D eigenvalue weighted by Gasteiger charge is -2.06. The Bertz CT molecular complexity index is 1530. The number of hydrogen-bond donors (Lipinski definition) is 0. The zero-order valence-corrected chi connectivity index (χ0v) is 20.0.